The van der Waals surface area contributed by atoms with Crippen molar-refractivity contribution in [2.45, 2.75) is 25.9 Å². The summed E-state index contributed by atoms with van der Waals surface area (Å²) >= 11 is 3.43. The SMILES string of the molecule is CCC(C#N)Oc1c(Br)cccc1CCN. The summed E-state index contributed by atoms with van der Waals surface area (Å²) in [6, 6.07) is 7.93. The monoisotopic (exact) mass is 282 g/mol. The average Bonchev–Trinajstić information content (AvgIpc) is 2.29. The standard InChI is InChI=1S/C12H15BrN2O/c1-2-10(8-15)16-12-9(6-7-14)4-3-5-11(12)13/h3-5,10H,2,6-7,14H2,1H3. The van der Waals surface area contributed by atoms with Gasteiger partial charge in [0.05, 0.1) is 4.47 Å². The van der Waals surface area contributed by atoms with Gasteiger partial charge in [0.2, 0.25) is 0 Å². The van der Waals surface area contributed by atoms with Crippen LogP contribution in [0.3, 0.4) is 0 Å². The fourth-order valence-corrected chi connectivity index (χ4v) is 1.88. The molecule has 0 aliphatic rings. The van der Waals surface area contributed by atoms with E-state index < -0.39 is 6.10 Å². The predicted molar refractivity (Wildman–Crippen MR) is 67.2 cm³/mol. The van der Waals surface area contributed by atoms with Crippen molar-refractivity contribution >= 4 is 15.9 Å². The minimum Gasteiger partial charge on any atom is -0.474 e. The Morgan fingerprint density at radius 2 is 2.31 bits per heavy atom. The van der Waals surface area contributed by atoms with Gasteiger partial charge in [-0.25, -0.2) is 0 Å². The number of hydrogen-bond acceptors (Lipinski definition) is 3. The number of rotatable bonds is 5. The number of nitriles is 1. The summed E-state index contributed by atoms with van der Waals surface area (Å²) < 4.78 is 6.53. The average molecular weight is 283 g/mol. The van der Waals surface area contributed by atoms with Crippen molar-refractivity contribution in [3.63, 3.8) is 0 Å². The second-order valence-electron chi connectivity index (χ2n) is 3.41. The third-order valence-corrected chi connectivity index (χ3v) is 2.86. The second kappa shape index (κ2) is 6.51. The van der Waals surface area contributed by atoms with Gasteiger partial charge in [-0.3, -0.25) is 0 Å². The van der Waals surface area contributed by atoms with Crippen LogP contribution in [0.15, 0.2) is 22.7 Å². The van der Waals surface area contributed by atoms with Crippen LogP contribution >= 0.6 is 15.9 Å². The fourth-order valence-electron chi connectivity index (χ4n) is 1.38. The van der Waals surface area contributed by atoms with Crippen molar-refractivity contribution in [1.29, 1.82) is 5.26 Å². The van der Waals surface area contributed by atoms with Crippen molar-refractivity contribution in [2.75, 3.05) is 6.54 Å². The van der Waals surface area contributed by atoms with E-state index in [-0.39, 0.29) is 0 Å². The zero-order chi connectivity index (χ0) is 12.0. The van der Waals surface area contributed by atoms with E-state index in [4.69, 9.17) is 15.7 Å². The molecule has 0 fully saturated rings. The molecule has 1 unspecified atom stereocenters. The van der Waals surface area contributed by atoms with Crippen LogP contribution in [0.5, 0.6) is 5.75 Å². The highest BCUT2D eigenvalue weighted by Gasteiger charge is 2.12. The van der Waals surface area contributed by atoms with Gasteiger partial charge < -0.3 is 10.5 Å². The topological polar surface area (TPSA) is 59.0 Å². The highest BCUT2D eigenvalue weighted by atomic mass is 79.9. The van der Waals surface area contributed by atoms with E-state index in [0.29, 0.717) is 13.0 Å². The first kappa shape index (κ1) is 13.0. The molecule has 2 N–H and O–H groups in total. The van der Waals surface area contributed by atoms with Crippen LogP contribution in [0.2, 0.25) is 0 Å². The molecule has 0 aliphatic heterocycles. The van der Waals surface area contributed by atoms with Gasteiger partial charge in [0.1, 0.15) is 11.8 Å². The lowest BCUT2D eigenvalue weighted by Gasteiger charge is -2.15. The highest BCUT2D eigenvalue weighted by Crippen LogP contribution is 2.30. The Morgan fingerprint density at radius 1 is 1.56 bits per heavy atom. The Balaban J connectivity index is 2.96. The van der Waals surface area contributed by atoms with Crippen molar-refractivity contribution in [1.82, 2.24) is 0 Å². The van der Waals surface area contributed by atoms with Gasteiger partial charge in [0.25, 0.3) is 0 Å². The Kier molecular flexibility index (Phi) is 5.30. The van der Waals surface area contributed by atoms with Crippen molar-refractivity contribution in [3.8, 4) is 11.8 Å². The van der Waals surface area contributed by atoms with Gasteiger partial charge in [-0.15, -0.1) is 0 Å². The molecule has 0 aliphatic carbocycles. The van der Waals surface area contributed by atoms with E-state index in [1.54, 1.807) is 0 Å². The molecule has 0 saturated heterocycles. The first-order valence-electron chi connectivity index (χ1n) is 5.26. The molecule has 1 aromatic carbocycles. The molecule has 86 valence electrons. The number of nitrogens with two attached hydrogens (primary N) is 1. The highest BCUT2D eigenvalue weighted by molar-refractivity contribution is 9.10. The van der Waals surface area contributed by atoms with Gasteiger partial charge in [0.15, 0.2) is 6.10 Å². The van der Waals surface area contributed by atoms with Gasteiger partial charge >= 0.3 is 0 Å². The van der Waals surface area contributed by atoms with Crippen LogP contribution in [0, 0.1) is 11.3 Å². The van der Waals surface area contributed by atoms with Gasteiger partial charge in [-0.05, 0) is 46.9 Å². The number of para-hydroxylation sites is 1. The van der Waals surface area contributed by atoms with Crippen molar-refractivity contribution in [3.05, 3.63) is 28.2 Å². The lowest BCUT2D eigenvalue weighted by Crippen LogP contribution is -2.14. The summed E-state index contributed by atoms with van der Waals surface area (Å²) in [6.07, 6.45) is 1.01. The van der Waals surface area contributed by atoms with E-state index in [0.717, 1.165) is 22.2 Å². The number of halogens is 1. The fraction of sp³-hybridized carbons (Fsp3) is 0.417. The first-order valence-corrected chi connectivity index (χ1v) is 6.06. The molecule has 1 aromatic rings. The summed E-state index contributed by atoms with van der Waals surface area (Å²) in [4.78, 5) is 0. The van der Waals surface area contributed by atoms with Crippen LogP contribution in [0.25, 0.3) is 0 Å². The zero-order valence-corrected chi connectivity index (χ0v) is 10.8. The quantitative estimate of drug-likeness (QED) is 0.903. The third-order valence-electron chi connectivity index (χ3n) is 2.24. The molecule has 0 radical (unpaired) electrons. The van der Waals surface area contributed by atoms with Crippen LogP contribution in [0.1, 0.15) is 18.9 Å². The summed E-state index contributed by atoms with van der Waals surface area (Å²) in [5, 5.41) is 8.88. The smallest absolute Gasteiger partial charge is 0.184 e. The molecule has 16 heavy (non-hydrogen) atoms. The first-order chi connectivity index (χ1) is 7.72. The van der Waals surface area contributed by atoms with Crippen molar-refractivity contribution in [2.24, 2.45) is 5.73 Å². The normalized spacial score (nSPS) is 11.9. The van der Waals surface area contributed by atoms with Crippen LogP contribution in [-0.2, 0) is 6.42 Å². The Labute approximate surface area is 104 Å². The van der Waals surface area contributed by atoms with Gasteiger partial charge in [-0.2, -0.15) is 5.26 Å². The van der Waals surface area contributed by atoms with E-state index in [2.05, 4.69) is 22.0 Å². The number of benzene rings is 1. The number of nitrogens with zero attached hydrogens (tertiary/aromatic N) is 1. The Hall–Kier alpha value is -1.05. The molecule has 3 nitrogen and oxygen atoms in total. The van der Waals surface area contributed by atoms with E-state index in [1.165, 1.54) is 0 Å². The molecular formula is C12H15BrN2O. The molecule has 4 heteroatoms. The van der Waals surface area contributed by atoms with Crippen LogP contribution in [-0.4, -0.2) is 12.6 Å². The molecule has 1 atom stereocenters. The molecule has 0 bridgehead atoms. The van der Waals surface area contributed by atoms with Gasteiger partial charge in [-0.1, -0.05) is 19.1 Å². The molecule has 0 saturated carbocycles. The van der Waals surface area contributed by atoms with Gasteiger partial charge in [0, 0.05) is 0 Å². The Bertz CT molecular complexity index is 387. The predicted octanol–water partition coefficient (Wildman–Crippen LogP) is 2.63. The molecule has 0 amide bonds. The Morgan fingerprint density at radius 3 is 2.88 bits per heavy atom. The van der Waals surface area contributed by atoms with Crippen molar-refractivity contribution < 1.29 is 4.74 Å². The molecular weight excluding hydrogens is 268 g/mol. The maximum absolute atomic E-state index is 8.88. The summed E-state index contributed by atoms with van der Waals surface area (Å²) in [6.45, 7) is 2.49. The molecule has 1 rings (SSSR count). The third kappa shape index (κ3) is 3.22. The minimum atomic E-state index is -0.407. The molecule has 0 heterocycles. The zero-order valence-electron chi connectivity index (χ0n) is 9.24. The van der Waals surface area contributed by atoms with E-state index in [1.807, 2.05) is 25.1 Å². The summed E-state index contributed by atoms with van der Waals surface area (Å²) in [7, 11) is 0. The van der Waals surface area contributed by atoms with E-state index in [9.17, 15) is 0 Å². The van der Waals surface area contributed by atoms with Crippen LogP contribution < -0.4 is 10.5 Å². The largest absolute Gasteiger partial charge is 0.474 e. The summed E-state index contributed by atoms with van der Waals surface area (Å²) in [5.41, 5.74) is 6.57. The number of hydrogen-bond donors (Lipinski definition) is 1. The van der Waals surface area contributed by atoms with E-state index >= 15 is 0 Å². The molecule has 0 spiro atoms. The summed E-state index contributed by atoms with van der Waals surface area (Å²) in [5.74, 6) is 0.737. The van der Waals surface area contributed by atoms with Crippen LogP contribution in [0.4, 0.5) is 0 Å². The maximum Gasteiger partial charge on any atom is 0.184 e. The second-order valence-corrected chi connectivity index (χ2v) is 4.26. The lowest BCUT2D eigenvalue weighted by atomic mass is 10.1. The lowest BCUT2D eigenvalue weighted by molar-refractivity contribution is 0.248. The minimum absolute atomic E-state index is 0.407. The maximum atomic E-state index is 8.88. The number of ether oxygens (including phenoxy) is 1. The molecule has 0 aromatic heterocycles.